The number of hydrogen-bond acceptors (Lipinski definition) is 4. The van der Waals surface area contributed by atoms with Crippen LogP contribution in [-0.4, -0.2) is 25.6 Å². The average molecular weight is 399 g/mol. The number of benzene rings is 2. The summed E-state index contributed by atoms with van der Waals surface area (Å²) in [5, 5.41) is 3.09. The Labute approximate surface area is 146 Å². The van der Waals surface area contributed by atoms with Crippen LogP contribution in [0.1, 0.15) is 10.4 Å². The molecule has 0 heterocycles. The Bertz CT molecular complexity index is 719. The molecule has 0 radical (unpaired) electrons. The van der Waals surface area contributed by atoms with Crippen molar-refractivity contribution in [2.75, 3.05) is 19.0 Å². The fraction of sp³-hybridized carbons (Fsp3) is 0.125. The van der Waals surface area contributed by atoms with E-state index in [0.29, 0.717) is 22.0 Å². The van der Waals surface area contributed by atoms with E-state index in [4.69, 9.17) is 16.3 Å². The number of esters is 1. The Balaban J connectivity index is 2.00. The molecule has 2 aromatic carbocycles. The lowest BCUT2D eigenvalue weighted by Gasteiger charge is -2.09. The van der Waals surface area contributed by atoms with Crippen LogP contribution < -0.4 is 10.1 Å². The van der Waals surface area contributed by atoms with Crippen LogP contribution in [0.3, 0.4) is 0 Å². The largest absolute Gasteiger partial charge is 0.482 e. The first kappa shape index (κ1) is 17.3. The monoisotopic (exact) mass is 397 g/mol. The van der Waals surface area contributed by atoms with Gasteiger partial charge in [0.05, 0.1) is 17.7 Å². The third-order valence-electron chi connectivity index (χ3n) is 2.87. The van der Waals surface area contributed by atoms with Gasteiger partial charge in [0.1, 0.15) is 5.75 Å². The van der Waals surface area contributed by atoms with Crippen molar-refractivity contribution in [2.24, 2.45) is 0 Å². The van der Waals surface area contributed by atoms with Gasteiger partial charge in [0.15, 0.2) is 6.61 Å². The van der Waals surface area contributed by atoms with Crippen molar-refractivity contribution >= 4 is 45.1 Å². The van der Waals surface area contributed by atoms with Crippen LogP contribution in [0.25, 0.3) is 0 Å². The number of halogens is 2. The zero-order valence-electron chi connectivity index (χ0n) is 12.1. The number of hydrogen-bond donors (Lipinski definition) is 1. The van der Waals surface area contributed by atoms with Gasteiger partial charge < -0.3 is 14.8 Å². The molecule has 0 saturated heterocycles. The van der Waals surface area contributed by atoms with Crippen LogP contribution in [0.5, 0.6) is 5.75 Å². The highest BCUT2D eigenvalue weighted by Crippen LogP contribution is 2.23. The van der Waals surface area contributed by atoms with Crippen LogP contribution >= 0.6 is 27.5 Å². The van der Waals surface area contributed by atoms with E-state index in [1.54, 1.807) is 42.5 Å². The lowest BCUT2D eigenvalue weighted by Crippen LogP contribution is -2.13. The lowest BCUT2D eigenvalue weighted by molar-refractivity contribution is -0.142. The van der Waals surface area contributed by atoms with E-state index in [1.165, 1.54) is 7.11 Å². The first-order chi connectivity index (χ1) is 11.0. The molecule has 0 aliphatic rings. The van der Waals surface area contributed by atoms with E-state index >= 15 is 0 Å². The Hall–Kier alpha value is -2.05. The summed E-state index contributed by atoms with van der Waals surface area (Å²) in [6, 6.07) is 11.6. The summed E-state index contributed by atoms with van der Waals surface area (Å²) in [5.74, 6) is -0.284. The molecule has 0 aliphatic heterocycles. The molecular weight excluding hydrogens is 386 g/mol. The number of methoxy groups -OCH3 is 1. The van der Waals surface area contributed by atoms with Gasteiger partial charge in [-0.15, -0.1) is 0 Å². The number of carbonyl (C=O) groups is 2. The van der Waals surface area contributed by atoms with Crippen LogP contribution in [0.4, 0.5) is 5.69 Å². The maximum atomic E-state index is 12.2. The molecule has 0 bridgehead atoms. The van der Waals surface area contributed by atoms with Crippen molar-refractivity contribution in [3.05, 3.63) is 57.5 Å². The maximum Gasteiger partial charge on any atom is 0.343 e. The molecule has 0 aromatic heterocycles. The molecule has 0 aliphatic carbocycles. The van der Waals surface area contributed by atoms with Gasteiger partial charge in [-0.3, -0.25) is 4.79 Å². The summed E-state index contributed by atoms with van der Waals surface area (Å²) in [7, 11) is 1.29. The number of nitrogens with one attached hydrogen (secondary N) is 1. The third kappa shape index (κ3) is 4.97. The standard InChI is InChI=1S/C16H13BrClNO4/c1-22-15(20)9-23-12-5-3-11(4-6-12)19-16(21)13-7-2-10(17)8-14(13)18/h2-8H,9H2,1H3,(H,19,21). The van der Waals surface area contributed by atoms with E-state index < -0.39 is 5.97 Å². The minimum absolute atomic E-state index is 0.170. The van der Waals surface area contributed by atoms with E-state index in [-0.39, 0.29) is 12.5 Å². The second-order valence-electron chi connectivity index (χ2n) is 4.47. The Morgan fingerprint density at radius 1 is 1.17 bits per heavy atom. The van der Waals surface area contributed by atoms with Crippen molar-refractivity contribution in [3.63, 3.8) is 0 Å². The Morgan fingerprint density at radius 2 is 1.87 bits per heavy atom. The molecule has 7 heteroatoms. The summed E-state index contributed by atoms with van der Waals surface area (Å²) in [6.45, 7) is -0.170. The van der Waals surface area contributed by atoms with Crippen LogP contribution in [0.2, 0.25) is 5.02 Å². The zero-order chi connectivity index (χ0) is 16.8. The molecular formula is C16H13BrClNO4. The zero-order valence-corrected chi connectivity index (χ0v) is 14.5. The Morgan fingerprint density at radius 3 is 2.48 bits per heavy atom. The predicted molar refractivity (Wildman–Crippen MR) is 91.1 cm³/mol. The van der Waals surface area contributed by atoms with Crippen molar-refractivity contribution in [1.82, 2.24) is 0 Å². The van der Waals surface area contributed by atoms with Crippen molar-refractivity contribution in [3.8, 4) is 5.75 Å². The minimum atomic E-state index is -0.466. The fourth-order valence-electron chi connectivity index (χ4n) is 1.71. The fourth-order valence-corrected chi connectivity index (χ4v) is 2.47. The highest BCUT2D eigenvalue weighted by molar-refractivity contribution is 9.10. The summed E-state index contributed by atoms with van der Waals surface area (Å²) in [6.07, 6.45) is 0. The van der Waals surface area contributed by atoms with E-state index in [9.17, 15) is 9.59 Å². The van der Waals surface area contributed by atoms with Crippen molar-refractivity contribution < 1.29 is 19.1 Å². The molecule has 0 saturated carbocycles. The average Bonchev–Trinajstić information content (AvgIpc) is 2.53. The maximum absolute atomic E-state index is 12.2. The number of anilines is 1. The first-order valence-corrected chi connectivity index (χ1v) is 7.73. The van der Waals surface area contributed by atoms with Crippen molar-refractivity contribution in [2.45, 2.75) is 0 Å². The summed E-state index contributed by atoms with van der Waals surface area (Å²) >= 11 is 9.33. The predicted octanol–water partition coefficient (Wildman–Crippen LogP) is 3.91. The quantitative estimate of drug-likeness (QED) is 0.776. The molecule has 23 heavy (non-hydrogen) atoms. The lowest BCUT2D eigenvalue weighted by atomic mass is 10.2. The van der Waals surface area contributed by atoms with Gasteiger partial charge in [0.25, 0.3) is 5.91 Å². The van der Waals surface area contributed by atoms with E-state index in [0.717, 1.165) is 4.47 Å². The number of ether oxygens (including phenoxy) is 2. The third-order valence-corrected chi connectivity index (χ3v) is 3.68. The second kappa shape index (κ2) is 7.99. The van der Waals surface area contributed by atoms with Crippen LogP contribution in [0, 0.1) is 0 Å². The van der Waals surface area contributed by atoms with Gasteiger partial charge >= 0.3 is 5.97 Å². The van der Waals surface area contributed by atoms with Gasteiger partial charge in [-0.25, -0.2) is 4.79 Å². The Kier molecular flexibility index (Phi) is 6.01. The highest BCUT2D eigenvalue weighted by Gasteiger charge is 2.11. The van der Waals surface area contributed by atoms with Gasteiger partial charge in [-0.2, -0.15) is 0 Å². The summed E-state index contributed by atoms with van der Waals surface area (Å²) in [5.41, 5.74) is 0.959. The normalized spacial score (nSPS) is 10.0. The topological polar surface area (TPSA) is 64.6 Å². The van der Waals surface area contributed by atoms with Crippen molar-refractivity contribution in [1.29, 1.82) is 0 Å². The number of amides is 1. The van der Waals surface area contributed by atoms with E-state index in [1.807, 2.05) is 0 Å². The molecule has 2 rings (SSSR count). The molecule has 0 fully saturated rings. The van der Waals surface area contributed by atoms with Crippen LogP contribution in [-0.2, 0) is 9.53 Å². The number of rotatable bonds is 5. The molecule has 1 N–H and O–H groups in total. The van der Waals surface area contributed by atoms with E-state index in [2.05, 4.69) is 26.0 Å². The molecule has 0 atom stereocenters. The van der Waals surface area contributed by atoms with Gasteiger partial charge in [-0.1, -0.05) is 27.5 Å². The minimum Gasteiger partial charge on any atom is -0.482 e. The van der Waals surface area contributed by atoms with Gasteiger partial charge in [-0.05, 0) is 42.5 Å². The van der Waals surface area contributed by atoms with Gasteiger partial charge in [0.2, 0.25) is 0 Å². The number of carbonyl (C=O) groups excluding carboxylic acids is 2. The molecule has 0 spiro atoms. The SMILES string of the molecule is COC(=O)COc1ccc(NC(=O)c2ccc(Br)cc2Cl)cc1. The molecule has 120 valence electrons. The molecule has 1 amide bonds. The molecule has 5 nitrogen and oxygen atoms in total. The summed E-state index contributed by atoms with van der Waals surface area (Å²) in [4.78, 5) is 23.2. The molecule has 0 unspecified atom stereocenters. The molecule has 2 aromatic rings. The van der Waals surface area contributed by atoms with Gasteiger partial charge in [0, 0.05) is 10.2 Å². The van der Waals surface area contributed by atoms with Crippen LogP contribution in [0.15, 0.2) is 46.9 Å². The highest BCUT2D eigenvalue weighted by atomic mass is 79.9. The smallest absolute Gasteiger partial charge is 0.343 e. The second-order valence-corrected chi connectivity index (χ2v) is 5.79. The summed E-state index contributed by atoms with van der Waals surface area (Å²) < 4.78 is 10.5. The first-order valence-electron chi connectivity index (χ1n) is 6.55.